The molecule has 3 aliphatic heterocycles. The van der Waals surface area contributed by atoms with Gasteiger partial charge >= 0.3 is 5.97 Å². The Morgan fingerprint density at radius 3 is 2.63 bits per heavy atom. The number of carbonyl (C=O) groups excluding carboxylic acids is 2. The number of piperidine rings is 1. The van der Waals surface area contributed by atoms with Crippen LogP contribution >= 0.6 is 15.9 Å². The summed E-state index contributed by atoms with van der Waals surface area (Å²) in [4.78, 5) is 61.6. The maximum absolute atomic E-state index is 16.2. The van der Waals surface area contributed by atoms with Crippen molar-refractivity contribution in [2.24, 2.45) is 11.0 Å². The number of rotatable bonds is 8. The van der Waals surface area contributed by atoms with Crippen LogP contribution in [0, 0.1) is 11.7 Å². The number of ether oxygens (including phenoxy) is 1. The van der Waals surface area contributed by atoms with Gasteiger partial charge in [-0.3, -0.25) is 29.2 Å². The number of methoxy groups -OCH3 is 1. The first kappa shape index (κ1) is 33.0. The lowest BCUT2D eigenvalue weighted by molar-refractivity contribution is -0.112. The summed E-state index contributed by atoms with van der Waals surface area (Å²) in [6, 6.07) is 9.72. The van der Waals surface area contributed by atoms with Crippen molar-refractivity contribution in [3.05, 3.63) is 92.2 Å². The largest absolute Gasteiger partial charge is 0.492 e. The molecule has 3 fully saturated rings. The van der Waals surface area contributed by atoms with Gasteiger partial charge in [-0.05, 0) is 68.0 Å². The van der Waals surface area contributed by atoms with Crippen molar-refractivity contribution in [1.29, 1.82) is 0 Å². The van der Waals surface area contributed by atoms with E-state index in [1.54, 1.807) is 27.7 Å². The number of aromatic carboxylic acids is 1. The molecule has 4 aliphatic rings. The van der Waals surface area contributed by atoms with Gasteiger partial charge < -0.3 is 19.3 Å². The number of hydrogen-bond donors (Lipinski definition) is 2. The molecule has 0 unspecified atom stereocenters. The van der Waals surface area contributed by atoms with E-state index in [2.05, 4.69) is 36.3 Å². The predicted octanol–water partition coefficient (Wildman–Crippen LogP) is 4.38. The first-order valence-electron chi connectivity index (χ1n) is 16.7. The molecule has 15 heteroatoms. The molecule has 2 N–H and O–H groups in total. The van der Waals surface area contributed by atoms with E-state index in [1.165, 1.54) is 25.7 Å². The third-order valence-electron chi connectivity index (χ3n) is 10.3. The summed E-state index contributed by atoms with van der Waals surface area (Å²) < 4.78 is 24.5. The lowest BCUT2D eigenvalue weighted by Crippen LogP contribution is -2.51. The molecule has 8 rings (SSSR count). The van der Waals surface area contributed by atoms with Gasteiger partial charge in [-0.1, -0.05) is 15.9 Å². The number of pyridine rings is 2. The molecular weight excluding hydrogens is 725 g/mol. The standard InChI is InChI=1S/C36H33BrFN7O6/c1-51-33-30-24(32(46)25(36(49)50)16-44(30)22-5-6-22)14-26(38)31(33)43-15-20-3-2-12-42(28(20)17-43)18-45-27-7-4-21(37)13-23(27)29(35(45)48)40-41-34(47)19-8-10-39-11-9-19/h4,7-11,13-14,16,20,22,28H,2-3,5-6,12,15,17-18H2,1H3,(H,41,47)(H,49,50)/b40-29-/t20-,28+/m0/s1. The molecule has 2 saturated heterocycles. The molecule has 262 valence electrons. The van der Waals surface area contributed by atoms with E-state index in [-0.39, 0.29) is 53.1 Å². The van der Waals surface area contributed by atoms with Crippen molar-refractivity contribution in [1.82, 2.24) is 19.9 Å². The van der Waals surface area contributed by atoms with Crippen LogP contribution in [0.2, 0.25) is 0 Å². The smallest absolute Gasteiger partial charge is 0.341 e. The van der Waals surface area contributed by atoms with Crippen molar-refractivity contribution in [3.8, 4) is 5.75 Å². The zero-order valence-electron chi connectivity index (χ0n) is 27.5. The molecule has 0 spiro atoms. The molecule has 2 aromatic carbocycles. The van der Waals surface area contributed by atoms with Gasteiger partial charge in [0, 0.05) is 65.9 Å². The number of carbonyl (C=O) groups is 3. The average Bonchev–Trinajstić information content (AvgIpc) is 3.82. The number of nitrogens with one attached hydrogen (secondary N) is 1. The Morgan fingerprint density at radius 2 is 1.90 bits per heavy atom. The molecule has 1 aliphatic carbocycles. The van der Waals surface area contributed by atoms with E-state index in [0.717, 1.165) is 36.2 Å². The monoisotopic (exact) mass is 757 g/mol. The zero-order chi connectivity index (χ0) is 35.6. The predicted molar refractivity (Wildman–Crippen MR) is 190 cm³/mol. The number of benzene rings is 2. The van der Waals surface area contributed by atoms with Crippen LogP contribution in [0.1, 0.15) is 58.0 Å². The topological polar surface area (TPSA) is 150 Å². The van der Waals surface area contributed by atoms with Crippen LogP contribution in [-0.4, -0.2) is 82.5 Å². The third kappa shape index (κ3) is 5.73. The lowest BCUT2D eigenvalue weighted by Gasteiger charge is -2.39. The second-order valence-electron chi connectivity index (χ2n) is 13.3. The molecule has 2 aromatic heterocycles. The molecule has 51 heavy (non-hydrogen) atoms. The van der Waals surface area contributed by atoms with Crippen molar-refractivity contribution in [2.75, 3.05) is 43.2 Å². The molecule has 1 saturated carbocycles. The van der Waals surface area contributed by atoms with E-state index < -0.39 is 28.7 Å². The number of amides is 2. The Morgan fingerprint density at radius 1 is 1.12 bits per heavy atom. The van der Waals surface area contributed by atoms with Crippen molar-refractivity contribution in [3.63, 3.8) is 0 Å². The number of carboxylic acid groups (broad SMARTS) is 1. The minimum absolute atomic E-state index is 0.00560. The number of hydrogen-bond acceptors (Lipinski definition) is 9. The fraction of sp³-hybridized carbons (Fsp3) is 0.333. The quantitative estimate of drug-likeness (QED) is 0.250. The highest BCUT2D eigenvalue weighted by Crippen LogP contribution is 2.46. The molecule has 0 radical (unpaired) electrons. The summed E-state index contributed by atoms with van der Waals surface area (Å²) in [5.74, 6) is -2.46. The van der Waals surface area contributed by atoms with Crippen LogP contribution in [0.25, 0.3) is 10.9 Å². The highest BCUT2D eigenvalue weighted by Gasteiger charge is 2.44. The van der Waals surface area contributed by atoms with E-state index in [9.17, 15) is 24.3 Å². The Kier molecular flexibility index (Phi) is 8.33. The van der Waals surface area contributed by atoms with Gasteiger partial charge in [0.1, 0.15) is 11.3 Å². The summed E-state index contributed by atoms with van der Waals surface area (Å²) >= 11 is 3.49. The second kappa shape index (κ2) is 12.9. The number of likely N-dealkylation sites (tertiary alicyclic amines) is 1. The van der Waals surface area contributed by atoms with Gasteiger partial charge in [-0.25, -0.2) is 14.6 Å². The summed E-state index contributed by atoms with van der Waals surface area (Å²) in [7, 11) is 1.44. The maximum atomic E-state index is 16.2. The molecule has 4 aromatic rings. The van der Waals surface area contributed by atoms with Gasteiger partial charge in [-0.15, -0.1) is 0 Å². The van der Waals surface area contributed by atoms with Crippen LogP contribution in [-0.2, 0) is 4.79 Å². The minimum atomic E-state index is -1.36. The molecular formula is C36H33BrFN7O6. The second-order valence-corrected chi connectivity index (χ2v) is 14.2. The van der Waals surface area contributed by atoms with Crippen molar-refractivity contribution in [2.45, 2.75) is 37.8 Å². The first-order chi connectivity index (χ1) is 24.6. The average molecular weight is 759 g/mol. The molecule has 2 amide bonds. The summed E-state index contributed by atoms with van der Waals surface area (Å²) in [6.07, 6.45) is 7.77. The normalized spacial score (nSPS) is 20.9. The van der Waals surface area contributed by atoms with Gasteiger partial charge in [-0.2, -0.15) is 5.10 Å². The summed E-state index contributed by atoms with van der Waals surface area (Å²) in [5, 5.41) is 14.0. The Hall–Kier alpha value is -5.15. The Bertz CT molecular complexity index is 2210. The van der Waals surface area contributed by atoms with Gasteiger partial charge in [0.2, 0.25) is 5.43 Å². The minimum Gasteiger partial charge on any atom is -0.492 e. The number of fused-ring (bicyclic) bond motifs is 3. The van der Waals surface area contributed by atoms with Crippen molar-refractivity contribution < 1.29 is 28.6 Å². The van der Waals surface area contributed by atoms with Gasteiger partial charge in [0.25, 0.3) is 11.8 Å². The van der Waals surface area contributed by atoms with Crippen LogP contribution in [0.3, 0.4) is 0 Å². The number of nitrogens with zero attached hydrogens (tertiary/aromatic N) is 6. The van der Waals surface area contributed by atoms with Gasteiger partial charge in [0.05, 0.1) is 30.4 Å². The Labute approximate surface area is 299 Å². The van der Waals surface area contributed by atoms with E-state index >= 15 is 4.39 Å². The number of aromatic nitrogens is 2. The highest BCUT2D eigenvalue weighted by molar-refractivity contribution is 9.10. The van der Waals surface area contributed by atoms with E-state index in [1.807, 2.05) is 17.0 Å². The number of hydrazone groups is 1. The summed E-state index contributed by atoms with van der Waals surface area (Å²) in [5.41, 5.74) is 3.72. The maximum Gasteiger partial charge on any atom is 0.341 e. The highest BCUT2D eigenvalue weighted by atomic mass is 79.9. The SMILES string of the molecule is COc1c(N2C[C@@H]3CCCN(CN4C(=O)/C(=N\NC(=O)c5ccncc5)c5cc(Br)ccc54)[C@@H]3C2)c(F)cc2c(=O)c(C(=O)O)cn(C3CC3)c12. The van der Waals surface area contributed by atoms with E-state index in [4.69, 9.17) is 4.74 Å². The summed E-state index contributed by atoms with van der Waals surface area (Å²) in [6.45, 7) is 1.96. The number of halogens is 2. The van der Waals surface area contributed by atoms with Gasteiger partial charge in [0.15, 0.2) is 17.3 Å². The number of carboxylic acids is 1. The lowest BCUT2D eigenvalue weighted by atomic mass is 9.92. The fourth-order valence-electron chi connectivity index (χ4n) is 7.75. The third-order valence-corrected chi connectivity index (χ3v) is 10.8. The molecule has 2 atom stereocenters. The molecule has 0 bridgehead atoms. The number of anilines is 2. The van der Waals surface area contributed by atoms with Crippen molar-refractivity contribution >= 4 is 61.7 Å². The molecule has 5 heterocycles. The van der Waals surface area contributed by atoms with Crippen LogP contribution in [0.5, 0.6) is 5.75 Å². The Balaban J connectivity index is 1.09. The van der Waals surface area contributed by atoms with E-state index in [0.29, 0.717) is 42.0 Å². The van der Waals surface area contributed by atoms with Crippen LogP contribution < -0.4 is 25.4 Å². The molecule has 13 nitrogen and oxygen atoms in total. The van der Waals surface area contributed by atoms with Crippen LogP contribution in [0.4, 0.5) is 15.8 Å². The zero-order valence-corrected chi connectivity index (χ0v) is 29.1. The van der Waals surface area contributed by atoms with Crippen LogP contribution in [0.15, 0.2) is 69.4 Å². The first-order valence-corrected chi connectivity index (χ1v) is 17.5. The fourth-order valence-corrected chi connectivity index (χ4v) is 8.11.